The zero-order chi connectivity index (χ0) is 17.9. The van der Waals surface area contributed by atoms with Crippen molar-refractivity contribution in [2.24, 2.45) is 0 Å². The van der Waals surface area contributed by atoms with Crippen LogP contribution in [0.3, 0.4) is 0 Å². The van der Waals surface area contributed by atoms with E-state index in [0.29, 0.717) is 16.8 Å². The highest BCUT2D eigenvalue weighted by Crippen LogP contribution is 2.27. The van der Waals surface area contributed by atoms with Crippen LogP contribution in [-0.4, -0.2) is 21.5 Å². The lowest BCUT2D eigenvalue weighted by Gasteiger charge is -2.13. The van der Waals surface area contributed by atoms with E-state index in [-0.39, 0.29) is 21.4 Å². The molecule has 8 heteroatoms. The van der Waals surface area contributed by atoms with Gasteiger partial charge in [0, 0.05) is 15.6 Å². The van der Waals surface area contributed by atoms with E-state index < -0.39 is 16.0 Å². The van der Waals surface area contributed by atoms with Crippen LogP contribution in [0.25, 0.3) is 0 Å². The minimum Gasteiger partial charge on any atom is -0.465 e. The molecule has 24 heavy (non-hydrogen) atoms. The Morgan fingerprint density at radius 2 is 1.79 bits per heavy atom. The van der Waals surface area contributed by atoms with Gasteiger partial charge in [0.15, 0.2) is 0 Å². The summed E-state index contributed by atoms with van der Waals surface area (Å²) in [5.74, 6) is -0.933. The summed E-state index contributed by atoms with van der Waals surface area (Å²) in [6.07, 6.45) is 0. The van der Waals surface area contributed by atoms with Crippen molar-refractivity contribution >= 4 is 44.9 Å². The fourth-order valence-electron chi connectivity index (χ4n) is 2.04. The molecule has 0 saturated heterocycles. The zero-order valence-electron chi connectivity index (χ0n) is 13.0. The van der Waals surface area contributed by atoms with Gasteiger partial charge in [-0.3, -0.25) is 4.72 Å². The quantitative estimate of drug-likeness (QED) is 0.785. The Kier molecular flexibility index (Phi) is 5.74. The van der Waals surface area contributed by atoms with Crippen LogP contribution in [0.15, 0.2) is 36.4 Å². The molecule has 128 valence electrons. The number of rotatable bonds is 5. The number of anilines is 1. The van der Waals surface area contributed by atoms with Crippen molar-refractivity contribution in [1.29, 1.82) is 0 Å². The zero-order valence-corrected chi connectivity index (χ0v) is 15.3. The first-order valence-corrected chi connectivity index (χ1v) is 9.26. The summed E-state index contributed by atoms with van der Waals surface area (Å²) in [5, 5.41) is 0.542. The molecule has 0 fully saturated rings. The van der Waals surface area contributed by atoms with Gasteiger partial charge in [0.1, 0.15) is 0 Å². The smallest absolute Gasteiger partial charge is 0.337 e. The number of carbonyl (C=O) groups is 1. The van der Waals surface area contributed by atoms with Crippen LogP contribution in [-0.2, 0) is 20.5 Å². The fourth-order valence-corrected chi connectivity index (χ4v) is 4.05. The summed E-state index contributed by atoms with van der Waals surface area (Å²) in [5.41, 5.74) is 1.52. The fraction of sp³-hybridized carbons (Fsp3) is 0.188. The normalized spacial score (nSPS) is 11.2. The number of methoxy groups -OCH3 is 1. The number of carbonyl (C=O) groups excluding carboxylic acids is 1. The Morgan fingerprint density at radius 1 is 1.17 bits per heavy atom. The van der Waals surface area contributed by atoms with Gasteiger partial charge in [-0.05, 0) is 36.8 Å². The number of esters is 1. The average molecular weight is 388 g/mol. The van der Waals surface area contributed by atoms with Crippen LogP contribution < -0.4 is 4.72 Å². The van der Waals surface area contributed by atoms with Crippen molar-refractivity contribution in [3.8, 4) is 0 Å². The standard InChI is InChI=1S/C16H15Cl2NO4S/c1-10-6-7-11(16(20)23-2)8-15(10)19-24(21,22)9-12-13(17)4-3-5-14(12)18/h3-8,19H,9H2,1-2H3. The lowest BCUT2D eigenvalue weighted by molar-refractivity contribution is 0.0601. The minimum absolute atomic E-state index is 0.247. The van der Waals surface area contributed by atoms with Crippen molar-refractivity contribution in [1.82, 2.24) is 0 Å². The molecular formula is C16H15Cl2NO4S. The van der Waals surface area contributed by atoms with Crippen LogP contribution in [0.2, 0.25) is 10.0 Å². The Balaban J connectivity index is 2.31. The Morgan fingerprint density at radius 3 is 2.38 bits per heavy atom. The van der Waals surface area contributed by atoms with E-state index in [1.165, 1.54) is 13.2 Å². The summed E-state index contributed by atoms with van der Waals surface area (Å²) in [6.45, 7) is 1.72. The van der Waals surface area contributed by atoms with Crippen molar-refractivity contribution in [2.45, 2.75) is 12.7 Å². The highest BCUT2D eigenvalue weighted by molar-refractivity contribution is 7.91. The van der Waals surface area contributed by atoms with Crippen LogP contribution in [0.4, 0.5) is 5.69 Å². The number of halogens is 2. The van der Waals surface area contributed by atoms with Gasteiger partial charge in [-0.25, -0.2) is 13.2 Å². The van der Waals surface area contributed by atoms with E-state index in [1.54, 1.807) is 37.3 Å². The molecule has 0 radical (unpaired) electrons. The highest BCUT2D eigenvalue weighted by atomic mass is 35.5. The molecule has 0 heterocycles. The van der Waals surface area contributed by atoms with E-state index in [1.807, 2.05) is 0 Å². The lowest BCUT2D eigenvalue weighted by atomic mass is 10.1. The minimum atomic E-state index is -3.78. The first-order valence-electron chi connectivity index (χ1n) is 6.86. The third kappa shape index (κ3) is 4.41. The van der Waals surface area contributed by atoms with Gasteiger partial charge in [0.25, 0.3) is 0 Å². The van der Waals surface area contributed by atoms with E-state index in [9.17, 15) is 13.2 Å². The van der Waals surface area contributed by atoms with Crippen molar-refractivity contribution in [3.05, 3.63) is 63.1 Å². The lowest BCUT2D eigenvalue weighted by Crippen LogP contribution is -2.17. The molecule has 0 aliphatic carbocycles. The van der Waals surface area contributed by atoms with Gasteiger partial charge in [-0.1, -0.05) is 35.3 Å². The number of benzene rings is 2. The SMILES string of the molecule is COC(=O)c1ccc(C)c(NS(=O)(=O)Cc2c(Cl)cccc2Cl)c1. The molecule has 0 aromatic heterocycles. The Hall–Kier alpha value is -1.76. The van der Waals surface area contributed by atoms with Crippen molar-refractivity contribution < 1.29 is 17.9 Å². The topological polar surface area (TPSA) is 72.5 Å². The molecule has 0 bridgehead atoms. The molecule has 1 N–H and O–H groups in total. The molecule has 0 amide bonds. The van der Waals surface area contributed by atoms with Gasteiger partial charge in [0.05, 0.1) is 24.1 Å². The molecule has 0 unspecified atom stereocenters. The molecule has 5 nitrogen and oxygen atoms in total. The molecular weight excluding hydrogens is 373 g/mol. The summed E-state index contributed by atoms with van der Waals surface area (Å²) in [4.78, 5) is 11.6. The number of sulfonamides is 1. The summed E-state index contributed by atoms with van der Waals surface area (Å²) in [7, 11) is -2.52. The van der Waals surface area contributed by atoms with Crippen LogP contribution in [0, 0.1) is 6.92 Å². The molecule has 0 aliphatic rings. The third-order valence-corrected chi connectivity index (χ3v) is 5.23. The Bertz CT molecular complexity index is 861. The number of ether oxygens (including phenoxy) is 1. The summed E-state index contributed by atoms with van der Waals surface area (Å²) >= 11 is 12.0. The maximum Gasteiger partial charge on any atom is 0.337 e. The molecule has 2 aromatic carbocycles. The highest BCUT2D eigenvalue weighted by Gasteiger charge is 2.18. The van der Waals surface area contributed by atoms with E-state index in [4.69, 9.17) is 23.2 Å². The average Bonchev–Trinajstić information content (AvgIpc) is 2.52. The van der Waals surface area contributed by atoms with Gasteiger partial charge in [0.2, 0.25) is 10.0 Å². The monoisotopic (exact) mass is 387 g/mol. The van der Waals surface area contributed by atoms with E-state index >= 15 is 0 Å². The third-order valence-electron chi connectivity index (χ3n) is 3.32. The second-order valence-corrected chi connectivity index (χ2v) is 7.62. The molecule has 0 atom stereocenters. The molecule has 0 aliphatic heterocycles. The molecule has 2 rings (SSSR count). The maximum absolute atomic E-state index is 12.4. The van der Waals surface area contributed by atoms with Crippen LogP contribution in [0.5, 0.6) is 0 Å². The van der Waals surface area contributed by atoms with E-state index in [2.05, 4.69) is 9.46 Å². The molecule has 2 aromatic rings. The first kappa shape index (κ1) is 18.6. The van der Waals surface area contributed by atoms with Gasteiger partial charge in [-0.2, -0.15) is 0 Å². The second kappa shape index (κ2) is 7.42. The van der Waals surface area contributed by atoms with Gasteiger partial charge in [-0.15, -0.1) is 0 Å². The maximum atomic E-state index is 12.4. The molecule has 0 spiro atoms. The van der Waals surface area contributed by atoms with Crippen molar-refractivity contribution in [3.63, 3.8) is 0 Å². The van der Waals surface area contributed by atoms with Gasteiger partial charge < -0.3 is 4.74 Å². The Labute approximate surface area is 150 Å². The predicted molar refractivity (Wildman–Crippen MR) is 95.2 cm³/mol. The predicted octanol–water partition coefficient (Wildman–Crippen LogP) is 4.03. The number of aryl methyl sites for hydroxylation is 1. The van der Waals surface area contributed by atoms with E-state index in [0.717, 1.165) is 0 Å². The largest absolute Gasteiger partial charge is 0.465 e. The van der Waals surface area contributed by atoms with Crippen LogP contribution >= 0.6 is 23.2 Å². The first-order chi connectivity index (χ1) is 11.2. The second-order valence-electron chi connectivity index (χ2n) is 5.08. The number of nitrogens with one attached hydrogen (secondary N) is 1. The summed E-state index contributed by atoms with van der Waals surface area (Å²) in [6, 6.07) is 9.39. The molecule has 0 saturated carbocycles. The van der Waals surface area contributed by atoms with Crippen molar-refractivity contribution in [2.75, 3.05) is 11.8 Å². The number of hydrogen-bond donors (Lipinski definition) is 1. The number of hydrogen-bond acceptors (Lipinski definition) is 4. The van der Waals surface area contributed by atoms with Crippen LogP contribution in [0.1, 0.15) is 21.5 Å². The summed E-state index contributed by atoms with van der Waals surface area (Å²) < 4.78 is 32.0. The van der Waals surface area contributed by atoms with Gasteiger partial charge >= 0.3 is 5.97 Å².